The highest BCUT2D eigenvalue weighted by atomic mass is 28.4. The molecule has 3 N–H and O–H groups in total. The van der Waals surface area contributed by atoms with Gasteiger partial charge >= 0.3 is 0 Å². The van der Waals surface area contributed by atoms with E-state index in [2.05, 4.69) is 70.7 Å². The summed E-state index contributed by atoms with van der Waals surface area (Å²) in [5, 5.41) is 15.8. The van der Waals surface area contributed by atoms with Crippen LogP contribution in [-0.2, 0) is 19.5 Å². The molecule has 0 saturated carbocycles. The Labute approximate surface area is 337 Å². The average Bonchev–Trinajstić information content (AvgIpc) is 3.76. The van der Waals surface area contributed by atoms with Crippen LogP contribution < -0.4 is 20.3 Å². The fourth-order valence-corrected chi connectivity index (χ4v) is 14.2. The quantitative estimate of drug-likeness (QED) is 0.0626. The number of ether oxygens (including phenoxy) is 4. The second kappa shape index (κ2) is 17.5. The van der Waals surface area contributed by atoms with E-state index in [1.807, 2.05) is 78.9 Å². The molecule has 57 heavy (non-hydrogen) atoms. The van der Waals surface area contributed by atoms with E-state index in [1.54, 1.807) is 25.1 Å². The molecule has 1 aliphatic heterocycles. The number of methoxy groups -OCH3 is 2. The molecule has 1 saturated heterocycles. The number of anilines is 1. The van der Waals surface area contributed by atoms with Gasteiger partial charge in [-0.1, -0.05) is 110 Å². The van der Waals surface area contributed by atoms with Gasteiger partial charge in [0, 0.05) is 6.54 Å². The van der Waals surface area contributed by atoms with Gasteiger partial charge in [0.25, 0.3) is 5.56 Å². The van der Waals surface area contributed by atoms with E-state index < -0.39 is 38.5 Å². The van der Waals surface area contributed by atoms with Crippen LogP contribution in [0.4, 0.5) is 5.95 Å². The number of nitrogens with zero attached hydrogens (tertiary/aromatic N) is 3. The van der Waals surface area contributed by atoms with Gasteiger partial charge < -0.3 is 33.8 Å². The standard InChI is InChI=1S/C44H59N5O7Si/c1-27(2)24-45-43-47-40-37(41(51)48-43)46-26-49(40)42-39(56-57(28(3)4,29(5)6)30(7)8)38(50)36(55-42)25-54-44(31-14-12-11-13-15-31,32-16-20-34(52-9)21-17-32)33-18-22-35(53-10)23-19-33/h11-23,26-30,36,38-39,42,50H,24-25H2,1-10H3,(H2,45,47,48,51)/t36-,38-,39-,42-/m1/s1. The van der Waals surface area contributed by atoms with Crippen LogP contribution in [0.25, 0.3) is 11.2 Å². The van der Waals surface area contributed by atoms with Gasteiger partial charge in [-0.15, -0.1) is 0 Å². The molecule has 0 spiro atoms. The lowest BCUT2D eigenvalue weighted by atomic mass is 9.80. The number of H-pyrrole nitrogens is 1. The summed E-state index contributed by atoms with van der Waals surface area (Å²) in [6.45, 7) is 18.0. The first-order chi connectivity index (χ1) is 27.3. The lowest BCUT2D eigenvalue weighted by Crippen LogP contribution is -2.53. The molecular formula is C44H59N5O7Si. The number of fused-ring (bicyclic) bond motifs is 1. The maximum absolute atomic E-state index is 13.3. The van der Waals surface area contributed by atoms with E-state index >= 15 is 0 Å². The molecule has 0 radical (unpaired) electrons. The van der Waals surface area contributed by atoms with Gasteiger partial charge in [-0.05, 0) is 63.5 Å². The summed E-state index contributed by atoms with van der Waals surface area (Å²) in [6, 6.07) is 25.7. The summed E-state index contributed by atoms with van der Waals surface area (Å²) >= 11 is 0. The number of imidazole rings is 1. The zero-order chi connectivity index (χ0) is 41.1. The summed E-state index contributed by atoms with van der Waals surface area (Å²) < 4.78 is 34.3. The van der Waals surface area contributed by atoms with Crippen LogP contribution in [0.5, 0.6) is 11.5 Å². The highest BCUT2D eigenvalue weighted by Gasteiger charge is 2.54. The van der Waals surface area contributed by atoms with Crippen LogP contribution in [-0.4, -0.2) is 78.6 Å². The third-order valence-corrected chi connectivity index (χ3v) is 17.5. The number of aliphatic hydroxyl groups is 1. The maximum atomic E-state index is 13.3. The van der Waals surface area contributed by atoms with Crippen LogP contribution in [0.1, 0.15) is 78.3 Å². The minimum absolute atomic E-state index is 0.0219. The van der Waals surface area contributed by atoms with Crippen LogP contribution in [0, 0.1) is 5.92 Å². The Morgan fingerprint density at radius 3 is 1.89 bits per heavy atom. The smallest absolute Gasteiger partial charge is 0.280 e. The number of rotatable bonds is 17. The fourth-order valence-electron chi connectivity index (χ4n) is 8.63. The average molecular weight is 798 g/mol. The Balaban J connectivity index is 1.47. The summed E-state index contributed by atoms with van der Waals surface area (Å²) in [7, 11) is 0.672. The second-order valence-electron chi connectivity index (χ2n) is 16.3. The van der Waals surface area contributed by atoms with Crippen LogP contribution in [0.3, 0.4) is 0 Å². The number of aliphatic hydroxyl groups excluding tert-OH is 1. The van der Waals surface area contributed by atoms with Crippen molar-refractivity contribution >= 4 is 25.4 Å². The Bertz CT molecular complexity index is 2050. The van der Waals surface area contributed by atoms with Gasteiger partial charge in [0.2, 0.25) is 14.3 Å². The fraction of sp³-hybridized carbons (Fsp3) is 0.477. The molecule has 306 valence electrons. The summed E-state index contributed by atoms with van der Waals surface area (Å²) in [6.07, 6.45) is -2.10. The summed E-state index contributed by atoms with van der Waals surface area (Å²) in [5.74, 6) is 2.08. The molecule has 3 heterocycles. The molecule has 6 rings (SSSR count). The van der Waals surface area contributed by atoms with Crippen molar-refractivity contribution in [2.45, 2.75) is 102 Å². The van der Waals surface area contributed by atoms with Gasteiger partial charge in [0.15, 0.2) is 17.4 Å². The Hall–Kier alpha value is -4.53. The Kier molecular flexibility index (Phi) is 12.9. The normalized spacial score (nSPS) is 19.0. The lowest BCUT2D eigenvalue weighted by Gasteiger charge is -2.45. The molecule has 5 aromatic rings. The molecule has 0 bridgehead atoms. The predicted octanol–water partition coefficient (Wildman–Crippen LogP) is 8.03. The number of nitrogens with one attached hydrogen (secondary N) is 2. The van der Waals surface area contributed by atoms with Gasteiger partial charge in [-0.2, -0.15) is 4.98 Å². The monoisotopic (exact) mass is 797 g/mol. The molecule has 3 aromatic carbocycles. The molecule has 0 unspecified atom stereocenters. The third-order valence-electron chi connectivity index (χ3n) is 11.4. The number of benzene rings is 3. The molecule has 12 nitrogen and oxygen atoms in total. The molecular weight excluding hydrogens is 739 g/mol. The molecule has 2 aromatic heterocycles. The summed E-state index contributed by atoms with van der Waals surface area (Å²) in [5.41, 5.74) is 2.26. The Morgan fingerprint density at radius 2 is 1.39 bits per heavy atom. The van der Waals surface area contributed by atoms with Crippen molar-refractivity contribution in [2.24, 2.45) is 5.92 Å². The zero-order valence-electron chi connectivity index (χ0n) is 34.9. The number of aromatic amines is 1. The molecule has 13 heteroatoms. The first-order valence-electron chi connectivity index (χ1n) is 20.0. The van der Waals surface area contributed by atoms with E-state index in [9.17, 15) is 9.90 Å². The molecule has 0 aliphatic carbocycles. The molecule has 1 aliphatic rings. The minimum atomic E-state index is -2.61. The first kappa shape index (κ1) is 42.1. The Morgan fingerprint density at radius 1 is 0.842 bits per heavy atom. The highest BCUT2D eigenvalue weighted by Crippen LogP contribution is 2.48. The van der Waals surface area contributed by atoms with Crippen molar-refractivity contribution in [2.75, 3.05) is 32.7 Å². The summed E-state index contributed by atoms with van der Waals surface area (Å²) in [4.78, 5) is 25.4. The van der Waals surface area contributed by atoms with Gasteiger partial charge in [-0.3, -0.25) is 14.3 Å². The van der Waals surface area contributed by atoms with Gasteiger partial charge in [-0.25, -0.2) is 4.98 Å². The van der Waals surface area contributed by atoms with Gasteiger partial charge in [0.05, 0.1) is 27.2 Å². The van der Waals surface area contributed by atoms with E-state index in [-0.39, 0.29) is 34.3 Å². The third kappa shape index (κ3) is 8.13. The van der Waals surface area contributed by atoms with Crippen LogP contribution in [0.15, 0.2) is 90.0 Å². The highest BCUT2D eigenvalue weighted by molar-refractivity contribution is 6.77. The largest absolute Gasteiger partial charge is 0.497 e. The van der Waals surface area contributed by atoms with Gasteiger partial charge in [0.1, 0.15) is 35.4 Å². The first-order valence-corrected chi connectivity index (χ1v) is 22.1. The molecule has 1 fully saturated rings. The van der Waals surface area contributed by atoms with E-state index in [1.165, 1.54) is 0 Å². The van der Waals surface area contributed by atoms with Crippen molar-refractivity contribution < 1.29 is 28.5 Å². The van der Waals surface area contributed by atoms with Crippen molar-refractivity contribution in [3.63, 3.8) is 0 Å². The maximum Gasteiger partial charge on any atom is 0.280 e. The topological polar surface area (TPSA) is 142 Å². The van der Waals surface area contributed by atoms with E-state index in [0.717, 1.165) is 16.7 Å². The van der Waals surface area contributed by atoms with Crippen LogP contribution >= 0.6 is 0 Å². The van der Waals surface area contributed by atoms with Crippen molar-refractivity contribution in [1.29, 1.82) is 0 Å². The van der Waals surface area contributed by atoms with Crippen molar-refractivity contribution in [1.82, 2.24) is 19.5 Å². The van der Waals surface area contributed by atoms with E-state index in [0.29, 0.717) is 35.6 Å². The number of aromatic nitrogens is 4. The number of hydrogen-bond acceptors (Lipinski definition) is 10. The van der Waals surface area contributed by atoms with Crippen molar-refractivity contribution in [3.8, 4) is 11.5 Å². The minimum Gasteiger partial charge on any atom is -0.497 e. The van der Waals surface area contributed by atoms with Crippen LogP contribution in [0.2, 0.25) is 16.6 Å². The van der Waals surface area contributed by atoms with Crippen molar-refractivity contribution in [3.05, 3.63) is 112 Å². The molecule has 0 amide bonds. The predicted molar refractivity (Wildman–Crippen MR) is 226 cm³/mol. The van der Waals surface area contributed by atoms with E-state index in [4.69, 9.17) is 28.4 Å². The SMILES string of the molecule is COc1ccc(C(OC[C@H]2O[C@@H](n3cnc4c(=O)[nH]c(NCC(C)C)nc43)[C@H](O[Si](C(C)C)(C(C)C)C(C)C)[C@@H]2O)(c2ccccc2)c2ccc(OC)cc2)cc1. The lowest BCUT2D eigenvalue weighted by molar-refractivity contribution is -0.0940. The molecule has 4 atom stereocenters. The zero-order valence-corrected chi connectivity index (χ0v) is 35.9. The number of hydrogen-bond donors (Lipinski definition) is 3. The second-order valence-corrected chi connectivity index (χ2v) is 21.7.